The zero-order chi connectivity index (χ0) is 15.9. The van der Waals surface area contributed by atoms with Crippen molar-refractivity contribution in [2.45, 2.75) is 20.4 Å². The Hall–Kier alpha value is -2.63. The van der Waals surface area contributed by atoms with Crippen LogP contribution < -0.4 is 5.73 Å². The molecule has 0 bridgehead atoms. The third kappa shape index (κ3) is 2.26. The van der Waals surface area contributed by atoms with Gasteiger partial charge in [-0.2, -0.15) is 0 Å². The Morgan fingerprint density at radius 3 is 2.86 bits per heavy atom. The van der Waals surface area contributed by atoms with Crippen LogP contribution in [0.1, 0.15) is 24.2 Å². The molecule has 0 unspecified atom stereocenters. The number of aromatic nitrogens is 3. The van der Waals surface area contributed by atoms with Gasteiger partial charge in [0.05, 0.1) is 30.0 Å². The number of carbonyl (C=O) groups excluding carboxylic acids is 1. The zero-order valence-electron chi connectivity index (χ0n) is 12.8. The highest BCUT2D eigenvalue weighted by molar-refractivity contribution is 6.08. The highest BCUT2D eigenvalue weighted by Gasteiger charge is 2.15. The van der Waals surface area contributed by atoms with Crippen LogP contribution in [0.2, 0.25) is 0 Å². The van der Waals surface area contributed by atoms with E-state index in [2.05, 4.69) is 28.4 Å². The lowest BCUT2D eigenvalue weighted by Crippen LogP contribution is -2.05. The van der Waals surface area contributed by atoms with Crippen LogP contribution in [0.5, 0.6) is 0 Å². The summed E-state index contributed by atoms with van der Waals surface area (Å²) in [5, 5.41) is 0.852. The minimum Gasteiger partial charge on any atom is -0.465 e. The van der Waals surface area contributed by atoms with Crippen molar-refractivity contribution >= 4 is 33.7 Å². The lowest BCUT2D eigenvalue weighted by molar-refractivity contribution is 0.0601. The summed E-state index contributed by atoms with van der Waals surface area (Å²) in [4.78, 5) is 20.5. The molecular formula is C16H18N4O2. The van der Waals surface area contributed by atoms with Gasteiger partial charge in [0.15, 0.2) is 5.82 Å². The Balaban J connectivity index is 2.34. The first-order valence-corrected chi connectivity index (χ1v) is 7.13. The zero-order valence-corrected chi connectivity index (χ0v) is 12.8. The van der Waals surface area contributed by atoms with Crippen LogP contribution in [-0.4, -0.2) is 27.6 Å². The molecule has 0 saturated carbocycles. The smallest absolute Gasteiger partial charge is 0.337 e. The monoisotopic (exact) mass is 298 g/mol. The molecule has 0 aliphatic heterocycles. The van der Waals surface area contributed by atoms with Gasteiger partial charge in [0, 0.05) is 11.9 Å². The number of nitrogen functional groups attached to an aromatic ring is 1. The number of benzene rings is 1. The number of carbonyl (C=O) groups is 1. The van der Waals surface area contributed by atoms with Gasteiger partial charge in [0.25, 0.3) is 0 Å². The third-order valence-corrected chi connectivity index (χ3v) is 3.56. The molecule has 22 heavy (non-hydrogen) atoms. The van der Waals surface area contributed by atoms with Crippen molar-refractivity contribution in [1.82, 2.24) is 14.5 Å². The van der Waals surface area contributed by atoms with E-state index in [1.54, 1.807) is 24.5 Å². The molecule has 114 valence electrons. The predicted molar refractivity (Wildman–Crippen MR) is 85.6 cm³/mol. The van der Waals surface area contributed by atoms with Crippen molar-refractivity contribution in [3.8, 4) is 0 Å². The number of hydrogen-bond donors (Lipinski definition) is 1. The number of fused-ring (bicyclic) bond motifs is 3. The molecular weight excluding hydrogens is 280 g/mol. The molecule has 0 atom stereocenters. The number of methoxy groups -OCH3 is 1. The van der Waals surface area contributed by atoms with Crippen molar-refractivity contribution < 1.29 is 9.53 Å². The maximum atomic E-state index is 11.8. The van der Waals surface area contributed by atoms with Crippen LogP contribution in [0.4, 0.5) is 5.82 Å². The van der Waals surface area contributed by atoms with E-state index >= 15 is 0 Å². The van der Waals surface area contributed by atoms with Gasteiger partial charge in [0.1, 0.15) is 5.52 Å². The summed E-state index contributed by atoms with van der Waals surface area (Å²) in [7, 11) is 1.37. The molecule has 0 aliphatic carbocycles. The molecule has 0 aliphatic rings. The molecule has 2 N–H and O–H groups in total. The fourth-order valence-electron chi connectivity index (χ4n) is 2.63. The maximum absolute atomic E-state index is 11.8. The Bertz CT molecular complexity index is 867. The summed E-state index contributed by atoms with van der Waals surface area (Å²) in [5.41, 5.74) is 8.80. The lowest BCUT2D eigenvalue weighted by Gasteiger charge is -2.10. The average Bonchev–Trinajstić information content (AvgIpc) is 2.90. The first kappa shape index (κ1) is 14.3. The number of nitrogens with zero attached hydrogens (tertiary/aromatic N) is 3. The molecule has 2 aromatic heterocycles. The minimum absolute atomic E-state index is 0.373. The number of rotatable bonds is 3. The van der Waals surface area contributed by atoms with E-state index in [-0.39, 0.29) is 5.97 Å². The van der Waals surface area contributed by atoms with Crippen molar-refractivity contribution in [2.24, 2.45) is 5.92 Å². The Kier molecular flexibility index (Phi) is 3.44. The topological polar surface area (TPSA) is 83.0 Å². The third-order valence-electron chi connectivity index (χ3n) is 3.56. The minimum atomic E-state index is -0.373. The van der Waals surface area contributed by atoms with Gasteiger partial charge in [0.2, 0.25) is 0 Å². The van der Waals surface area contributed by atoms with Crippen LogP contribution in [0.3, 0.4) is 0 Å². The predicted octanol–water partition coefficient (Wildman–Crippen LogP) is 2.61. The largest absolute Gasteiger partial charge is 0.465 e. The molecule has 2 heterocycles. The first-order valence-electron chi connectivity index (χ1n) is 7.13. The molecule has 3 aromatic rings. The van der Waals surface area contributed by atoms with Gasteiger partial charge in [-0.1, -0.05) is 13.8 Å². The van der Waals surface area contributed by atoms with Crippen molar-refractivity contribution in [3.63, 3.8) is 0 Å². The molecule has 1 aromatic carbocycles. The van der Waals surface area contributed by atoms with E-state index in [0.717, 1.165) is 23.0 Å². The van der Waals surface area contributed by atoms with E-state index in [0.29, 0.717) is 22.8 Å². The van der Waals surface area contributed by atoms with Gasteiger partial charge in [-0.15, -0.1) is 0 Å². The van der Waals surface area contributed by atoms with E-state index in [9.17, 15) is 4.79 Å². The van der Waals surface area contributed by atoms with E-state index < -0.39 is 0 Å². The van der Waals surface area contributed by atoms with Crippen molar-refractivity contribution in [3.05, 3.63) is 30.1 Å². The number of imidazole rings is 1. The van der Waals surface area contributed by atoms with E-state index in [4.69, 9.17) is 10.5 Å². The van der Waals surface area contributed by atoms with Gasteiger partial charge < -0.3 is 15.0 Å². The van der Waals surface area contributed by atoms with Crippen LogP contribution in [-0.2, 0) is 11.3 Å². The normalized spacial score (nSPS) is 11.5. The molecule has 0 spiro atoms. The molecule has 0 radical (unpaired) electrons. The van der Waals surface area contributed by atoms with Crippen LogP contribution in [0, 0.1) is 5.92 Å². The number of hydrogen-bond acceptors (Lipinski definition) is 5. The maximum Gasteiger partial charge on any atom is 0.337 e. The highest BCUT2D eigenvalue weighted by Crippen LogP contribution is 2.28. The molecule has 0 saturated heterocycles. The summed E-state index contributed by atoms with van der Waals surface area (Å²) >= 11 is 0. The quantitative estimate of drug-likeness (QED) is 0.751. The summed E-state index contributed by atoms with van der Waals surface area (Å²) in [6.07, 6.45) is 1.77. The summed E-state index contributed by atoms with van der Waals surface area (Å²) in [6, 6.07) is 5.26. The van der Waals surface area contributed by atoms with Crippen LogP contribution >= 0.6 is 0 Å². The molecule has 6 nitrogen and oxygen atoms in total. The molecule has 0 fully saturated rings. The highest BCUT2D eigenvalue weighted by atomic mass is 16.5. The molecule has 3 rings (SSSR count). The van der Waals surface area contributed by atoms with E-state index in [1.807, 2.05) is 0 Å². The average molecular weight is 298 g/mol. The van der Waals surface area contributed by atoms with Gasteiger partial charge >= 0.3 is 5.97 Å². The van der Waals surface area contributed by atoms with Crippen LogP contribution in [0.15, 0.2) is 24.5 Å². The van der Waals surface area contributed by atoms with Crippen LogP contribution in [0.25, 0.3) is 21.9 Å². The summed E-state index contributed by atoms with van der Waals surface area (Å²) in [6.45, 7) is 5.09. The number of nitrogens with two attached hydrogens (primary N) is 1. The van der Waals surface area contributed by atoms with Gasteiger partial charge in [-0.3, -0.25) is 0 Å². The number of anilines is 1. The SMILES string of the molecule is COC(=O)c1ccc2nc(N)c3ncn(CC(C)C)c3c2c1. The van der Waals surface area contributed by atoms with E-state index in [1.165, 1.54) is 7.11 Å². The Morgan fingerprint density at radius 1 is 1.41 bits per heavy atom. The van der Waals surface area contributed by atoms with Gasteiger partial charge in [-0.25, -0.2) is 14.8 Å². The number of esters is 1. The second kappa shape index (κ2) is 5.29. The fraction of sp³-hybridized carbons (Fsp3) is 0.312. The van der Waals surface area contributed by atoms with Gasteiger partial charge in [-0.05, 0) is 24.1 Å². The second-order valence-corrected chi connectivity index (χ2v) is 5.71. The number of ether oxygens (including phenoxy) is 1. The van der Waals surface area contributed by atoms with Crippen molar-refractivity contribution in [2.75, 3.05) is 12.8 Å². The second-order valence-electron chi connectivity index (χ2n) is 5.71. The standard InChI is InChI=1S/C16H18N4O2/c1-9(2)7-20-8-18-13-14(20)11-6-10(16(21)22-3)4-5-12(11)19-15(13)17/h4-6,8-9H,7H2,1-3H3,(H2,17,19). The van der Waals surface area contributed by atoms with Crippen molar-refractivity contribution in [1.29, 1.82) is 0 Å². The molecule has 0 amide bonds. The number of pyridine rings is 1. The molecule has 6 heteroatoms. The summed E-state index contributed by atoms with van der Waals surface area (Å²) in [5.74, 6) is 0.489. The Morgan fingerprint density at radius 2 is 2.18 bits per heavy atom. The fourth-order valence-corrected chi connectivity index (χ4v) is 2.63. The lowest BCUT2D eigenvalue weighted by atomic mass is 10.1. The first-order chi connectivity index (χ1) is 10.5. The summed E-state index contributed by atoms with van der Waals surface area (Å²) < 4.78 is 6.85. The Labute approximate surface area is 127 Å².